The van der Waals surface area contributed by atoms with Crippen molar-refractivity contribution in [3.8, 4) is 0 Å². The van der Waals surface area contributed by atoms with E-state index in [1.54, 1.807) is 0 Å². The lowest BCUT2D eigenvalue weighted by Crippen LogP contribution is -2.17. The van der Waals surface area contributed by atoms with Gasteiger partial charge in [0.1, 0.15) is 23.6 Å². The van der Waals surface area contributed by atoms with Crippen LogP contribution in [0.4, 0.5) is 20.3 Å². The van der Waals surface area contributed by atoms with E-state index in [1.807, 2.05) is 18.6 Å². The standard InChI is InChI=1S/C21H18F2N6O3S/c1-11(2)28-21-16-12(9-25-20(16)26-10-27-21)19(30)17-13(22)6-7-14(18(17)23)29-33(31,32)15-5-3-4-8-24-15/h3-11,29H,1-2H3,(H2,25,26,27,28). The number of hydrogen-bond donors (Lipinski definition) is 3. The molecule has 0 fully saturated rings. The Morgan fingerprint density at radius 1 is 1.09 bits per heavy atom. The Kier molecular flexibility index (Phi) is 5.77. The van der Waals surface area contributed by atoms with Crippen molar-refractivity contribution in [1.29, 1.82) is 0 Å². The van der Waals surface area contributed by atoms with E-state index >= 15 is 4.39 Å². The number of halogens is 2. The first kappa shape index (κ1) is 22.3. The van der Waals surface area contributed by atoms with Crippen LogP contribution in [-0.4, -0.2) is 40.2 Å². The molecule has 3 N–H and O–H groups in total. The number of ketones is 1. The zero-order valence-electron chi connectivity index (χ0n) is 17.4. The predicted octanol–water partition coefficient (Wildman–Crippen LogP) is 3.48. The first-order chi connectivity index (χ1) is 15.7. The van der Waals surface area contributed by atoms with E-state index in [-0.39, 0.29) is 22.0 Å². The fourth-order valence-corrected chi connectivity index (χ4v) is 4.21. The SMILES string of the molecule is CC(C)Nc1ncnc2[nH]cc(C(=O)c3c(F)ccc(NS(=O)(=O)c4ccccn4)c3F)c12. The van der Waals surface area contributed by atoms with Crippen LogP contribution in [0.2, 0.25) is 0 Å². The second kappa shape index (κ2) is 8.54. The fourth-order valence-electron chi connectivity index (χ4n) is 3.20. The first-order valence-corrected chi connectivity index (χ1v) is 11.2. The maximum Gasteiger partial charge on any atom is 0.279 e. The number of aromatic nitrogens is 4. The van der Waals surface area contributed by atoms with E-state index < -0.39 is 38.7 Å². The second-order valence-corrected chi connectivity index (χ2v) is 8.96. The minimum atomic E-state index is -4.27. The van der Waals surface area contributed by atoms with Gasteiger partial charge in [0.2, 0.25) is 5.78 Å². The quantitative estimate of drug-likeness (QED) is 0.351. The molecule has 0 radical (unpaired) electrons. The average Bonchev–Trinajstić information content (AvgIpc) is 3.21. The van der Waals surface area contributed by atoms with Crippen molar-refractivity contribution < 1.29 is 22.0 Å². The van der Waals surface area contributed by atoms with Gasteiger partial charge in [-0.2, -0.15) is 8.42 Å². The molecule has 4 rings (SSSR count). The largest absolute Gasteiger partial charge is 0.367 e. The summed E-state index contributed by atoms with van der Waals surface area (Å²) in [5.74, 6) is -3.20. The van der Waals surface area contributed by atoms with Gasteiger partial charge in [-0.3, -0.25) is 9.52 Å². The molecule has 0 atom stereocenters. The van der Waals surface area contributed by atoms with E-state index in [0.717, 1.165) is 12.1 Å². The van der Waals surface area contributed by atoms with Crippen molar-refractivity contribution in [2.45, 2.75) is 24.9 Å². The molecule has 33 heavy (non-hydrogen) atoms. The molecule has 0 unspecified atom stereocenters. The van der Waals surface area contributed by atoms with Crippen LogP contribution < -0.4 is 10.0 Å². The summed E-state index contributed by atoms with van der Waals surface area (Å²) in [4.78, 5) is 27.9. The van der Waals surface area contributed by atoms with Crippen molar-refractivity contribution in [2.24, 2.45) is 0 Å². The van der Waals surface area contributed by atoms with E-state index in [4.69, 9.17) is 0 Å². The molecule has 3 heterocycles. The summed E-state index contributed by atoms with van der Waals surface area (Å²) in [6.45, 7) is 3.72. The van der Waals surface area contributed by atoms with E-state index in [1.165, 1.54) is 36.9 Å². The number of pyridine rings is 1. The second-order valence-electron chi connectivity index (χ2n) is 7.33. The van der Waals surface area contributed by atoms with E-state index in [0.29, 0.717) is 11.5 Å². The summed E-state index contributed by atoms with van der Waals surface area (Å²) in [6, 6.07) is 5.84. The lowest BCUT2D eigenvalue weighted by atomic mass is 10.0. The molecule has 0 amide bonds. The number of nitrogens with zero attached hydrogens (tertiary/aromatic N) is 3. The van der Waals surface area contributed by atoms with Gasteiger partial charge in [-0.05, 0) is 38.1 Å². The molecule has 3 aromatic heterocycles. The van der Waals surface area contributed by atoms with Crippen molar-refractivity contribution in [3.63, 3.8) is 0 Å². The first-order valence-electron chi connectivity index (χ1n) is 9.74. The molecule has 0 aliphatic heterocycles. The highest BCUT2D eigenvalue weighted by atomic mass is 32.2. The number of hydrogen-bond acceptors (Lipinski definition) is 7. The number of carbonyl (C=O) groups is 1. The van der Waals surface area contributed by atoms with E-state index in [9.17, 15) is 17.6 Å². The average molecular weight is 472 g/mol. The molecule has 0 aliphatic rings. The van der Waals surface area contributed by atoms with Gasteiger partial charge in [0.25, 0.3) is 10.0 Å². The number of sulfonamides is 1. The maximum absolute atomic E-state index is 15.3. The summed E-state index contributed by atoms with van der Waals surface area (Å²) in [6.07, 6.45) is 3.81. The van der Waals surface area contributed by atoms with Crippen LogP contribution in [0.15, 0.2) is 54.1 Å². The van der Waals surface area contributed by atoms with Crippen molar-refractivity contribution in [1.82, 2.24) is 19.9 Å². The molecular weight excluding hydrogens is 454 g/mol. The highest BCUT2D eigenvalue weighted by Gasteiger charge is 2.27. The lowest BCUT2D eigenvalue weighted by molar-refractivity contribution is 0.103. The van der Waals surface area contributed by atoms with Crippen LogP contribution in [0.1, 0.15) is 29.8 Å². The molecule has 9 nitrogen and oxygen atoms in total. The third-order valence-electron chi connectivity index (χ3n) is 4.62. The predicted molar refractivity (Wildman–Crippen MR) is 117 cm³/mol. The Labute approximate surface area is 187 Å². The molecule has 1 aromatic carbocycles. The number of rotatable bonds is 7. The zero-order chi connectivity index (χ0) is 23.8. The molecule has 0 saturated heterocycles. The van der Waals surface area contributed by atoms with Crippen LogP contribution >= 0.6 is 0 Å². The summed E-state index contributed by atoms with van der Waals surface area (Å²) in [5.41, 5.74) is -1.29. The van der Waals surface area contributed by atoms with Crippen LogP contribution in [0.3, 0.4) is 0 Å². The molecule has 12 heteroatoms. The van der Waals surface area contributed by atoms with Gasteiger partial charge in [0, 0.05) is 18.4 Å². The molecule has 0 spiro atoms. The number of anilines is 2. The van der Waals surface area contributed by atoms with Gasteiger partial charge >= 0.3 is 0 Å². The number of aromatic amines is 1. The minimum Gasteiger partial charge on any atom is -0.367 e. The van der Waals surface area contributed by atoms with Crippen LogP contribution in [0.25, 0.3) is 11.0 Å². The Bertz CT molecular complexity index is 1460. The van der Waals surface area contributed by atoms with Crippen molar-refractivity contribution in [3.05, 3.63) is 71.8 Å². The molecule has 170 valence electrons. The monoisotopic (exact) mass is 472 g/mol. The number of benzene rings is 1. The Balaban J connectivity index is 1.79. The molecule has 0 bridgehead atoms. The summed E-state index contributed by atoms with van der Waals surface area (Å²) >= 11 is 0. The normalized spacial score (nSPS) is 11.7. The summed E-state index contributed by atoms with van der Waals surface area (Å²) < 4.78 is 57.0. The topological polar surface area (TPSA) is 130 Å². The zero-order valence-corrected chi connectivity index (χ0v) is 18.2. The molecule has 0 aliphatic carbocycles. The highest BCUT2D eigenvalue weighted by molar-refractivity contribution is 7.92. The third kappa shape index (κ3) is 4.24. The van der Waals surface area contributed by atoms with Gasteiger partial charge in [0.05, 0.1) is 22.2 Å². The van der Waals surface area contributed by atoms with Crippen molar-refractivity contribution >= 4 is 38.3 Å². The van der Waals surface area contributed by atoms with E-state index in [2.05, 4.69) is 25.3 Å². The van der Waals surface area contributed by atoms with Gasteiger partial charge in [-0.25, -0.2) is 23.7 Å². The van der Waals surface area contributed by atoms with Crippen LogP contribution in [-0.2, 0) is 10.0 Å². The van der Waals surface area contributed by atoms with Gasteiger partial charge in [-0.15, -0.1) is 0 Å². The third-order valence-corrected chi connectivity index (χ3v) is 5.90. The molecule has 4 aromatic rings. The number of nitrogens with one attached hydrogen (secondary N) is 3. The smallest absolute Gasteiger partial charge is 0.279 e. The Morgan fingerprint density at radius 3 is 2.58 bits per heavy atom. The summed E-state index contributed by atoms with van der Waals surface area (Å²) in [5, 5.41) is 2.96. The van der Waals surface area contributed by atoms with Crippen LogP contribution in [0, 0.1) is 11.6 Å². The summed E-state index contributed by atoms with van der Waals surface area (Å²) in [7, 11) is -4.27. The minimum absolute atomic E-state index is 0.0428. The number of fused-ring (bicyclic) bond motifs is 1. The highest BCUT2D eigenvalue weighted by Crippen LogP contribution is 2.30. The lowest BCUT2D eigenvalue weighted by Gasteiger charge is -2.12. The maximum atomic E-state index is 15.3. The van der Waals surface area contributed by atoms with Gasteiger partial charge in [0.15, 0.2) is 10.8 Å². The molecule has 0 saturated carbocycles. The molecular formula is C21H18F2N6O3S. The van der Waals surface area contributed by atoms with Gasteiger partial charge < -0.3 is 10.3 Å². The number of H-pyrrole nitrogens is 1. The van der Waals surface area contributed by atoms with Crippen molar-refractivity contribution in [2.75, 3.05) is 10.0 Å². The van der Waals surface area contributed by atoms with Gasteiger partial charge in [-0.1, -0.05) is 6.07 Å². The van der Waals surface area contributed by atoms with Crippen LogP contribution in [0.5, 0.6) is 0 Å². The number of carbonyl (C=O) groups excluding carboxylic acids is 1. The Hall–Kier alpha value is -3.93. The Morgan fingerprint density at radius 2 is 1.88 bits per heavy atom. The fraction of sp³-hybridized carbons (Fsp3) is 0.143.